The van der Waals surface area contributed by atoms with Crippen LogP contribution in [0.3, 0.4) is 0 Å². The first-order valence-corrected chi connectivity index (χ1v) is 24.8. The Labute approximate surface area is 443 Å². The standard InChI is InChI=1S/C56H59N3O16S/c1-5-50(60)68-30-13-11-28-66-35-45(73-52(62)7-3)37-71-43-22-18-40(19-23-43)54(64)70-32-27-39-17-26-48(42(33-39)34-57-59-56-58-47-15-9-10-16-49(47)76-56)75-55(65)41-20-24-44(25-21-41)72-38-46(74-53(63)8-4)36-67-29-12-14-31-69-51(61)6-2/h5-10,15-26,33-34,45-46H,1-4,11-14,27-32,35-38H2,(H,58,59)/b57-34+. The van der Waals surface area contributed by atoms with Crippen LogP contribution >= 0.6 is 11.3 Å². The van der Waals surface area contributed by atoms with Gasteiger partial charge in [0.05, 0.1) is 60.6 Å². The number of aromatic nitrogens is 1. The molecule has 0 aliphatic heterocycles. The number of hydrogen-bond acceptors (Lipinski definition) is 20. The molecule has 1 N–H and O–H groups in total. The highest BCUT2D eigenvalue weighted by molar-refractivity contribution is 7.22. The number of thiazole rings is 1. The van der Waals surface area contributed by atoms with Crippen LogP contribution < -0.4 is 19.6 Å². The molecule has 5 aromatic rings. The van der Waals surface area contributed by atoms with E-state index in [2.05, 4.69) is 41.8 Å². The molecule has 0 spiro atoms. The van der Waals surface area contributed by atoms with E-state index in [9.17, 15) is 28.8 Å². The number of carbonyl (C=O) groups excluding carboxylic acids is 6. The Morgan fingerprint density at radius 1 is 0.579 bits per heavy atom. The molecule has 400 valence electrons. The van der Waals surface area contributed by atoms with Gasteiger partial charge in [0, 0.05) is 49.5 Å². The molecule has 19 nitrogen and oxygen atoms in total. The molecule has 0 amide bonds. The first-order valence-electron chi connectivity index (χ1n) is 24.0. The molecule has 2 unspecified atom stereocenters. The zero-order valence-corrected chi connectivity index (χ0v) is 42.6. The lowest BCUT2D eigenvalue weighted by molar-refractivity contribution is -0.148. The van der Waals surface area contributed by atoms with Gasteiger partial charge in [0.25, 0.3) is 0 Å². The van der Waals surface area contributed by atoms with Crippen LogP contribution in [0.5, 0.6) is 17.2 Å². The number of unbranched alkanes of at least 4 members (excludes halogenated alkanes) is 2. The van der Waals surface area contributed by atoms with Crippen molar-refractivity contribution in [1.29, 1.82) is 0 Å². The monoisotopic (exact) mass is 1060 g/mol. The highest BCUT2D eigenvalue weighted by Crippen LogP contribution is 2.26. The lowest BCUT2D eigenvalue weighted by Crippen LogP contribution is -2.29. The predicted molar refractivity (Wildman–Crippen MR) is 283 cm³/mol. The number of anilines is 1. The summed E-state index contributed by atoms with van der Waals surface area (Å²) in [5.74, 6) is -2.52. The van der Waals surface area contributed by atoms with Crippen LogP contribution in [0.25, 0.3) is 10.2 Å². The molecule has 4 aromatic carbocycles. The molecule has 0 aliphatic rings. The summed E-state index contributed by atoms with van der Waals surface area (Å²) in [7, 11) is 0. The first kappa shape index (κ1) is 58.4. The second kappa shape index (κ2) is 32.7. The van der Waals surface area contributed by atoms with Crippen LogP contribution in [0.4, 0.5) is 5.13 Å². The number of nitrogens with one attached hydrogen (secondary N) is 1. The maximum Gasteiger partial charge on any atom is 0.343 e. The fourth-order valence-electron chi connectivity index (χ4n) is 6.44. The summed E-state index contributed by atoms with van der Waals surface area (Å²) in [6, 6.07) is 25.3. The Kier molecular flexibility index (Phi) is 25.1. The lowest BCUT2D eigenvalue weighted by Gasteiger charge is -2.18. The van der Waals surface area contributed by atoms with E-state index in [1.165, 1.54) is 29.7 Å². The van der Waals surface area contributed by atoms with Gasteiger partial charge in [-0.3, -0.25) is 5.43 Å². The number of ether oxygens (including phenoxy) is 10. The second-order valence-electron chi connectivity index (χ2n) is 16.0. The zero-order chi connectivity index (χ0) is 54.3. The highest BCUT2D eigenvalue weighted by atomic mass is 32.1. The van der Waals surface area contributed by atoms with E-state index in [0.29, 0.717) is 67.5 Å². The molecule has 0 bridgehead atoms. The van der Waals surface area contributed by atoms with Crippen molar-refractivity contribution in [3.63, 3.8) is 0 Å². The van der Waals surface area contributed by atoms with Gasteiger partial charge in [-0.2, -0.15) is 5.10 Å². The number of hydrazone groups is 1. The average Bonchev–Trinajstić information content (AvgIpc) is 3.86. The topological polar surface area (TPSA) is 232 Å². The number of nitrogens with zero attached hydrogens (tertiary/aromatic N) is 2. The van der Waals surface area contributed by atoms with Gasteiger partial charge in [0.15, 0.2) is 12.2 Å². The molecule has 0 radical (unpaired) electrons. The van der Waals surface area contributed by atoms with Gasteiger partial charge >= 0.3 is 35.8 Å². The molecular weight excluding hydrogens is 1000 g/mol. The number of esters is 6. The van der Waals surface area contributed by atoms with Crippen LogP contribution in [-0.4, -0.2) is 119 Å². The SMILES string of the molecule is C=CC(=O)OCCCCOCC(COc1ccc(C(=O)OCCc2ccc(OC(=O)c3ccc(OCC(COCCCCOC(=O)C=C)OC(=O)C=C)cc3)c(/C=N/Nc3nc4ccccc4s3)c2)cc1)OC(=O)C=C. The summed E-state index contributed by atoms with van der Waals surface area (Å²) < 4.78 is 56.1. The van der Waals surface area contributed by atoms with Crippen molar-refractivity contribution in [3.05, 3.63) is 164 Å². The number of rotatable bonds is 35. The van der Waals surface area contributed by atoms with Crippen LogP contribution in [-0.2, 0) is 58.8 Å². The molecule has 20 heteroatoms. The van der Waals surface area contributed by atoms with Crippen molar-refractivity contribution in [2.45, 2.75) is 44.3 Å². The van der Waals surface area contributed by atoms with Gasteiger partial charge in [0.1, 0.15) is 30.5 Å². The summed E-state index contributed by atoms with van der Waals surface area (Å²) in [6.07, 6.45) is 6.91. The smallest absolute Gasteiger partial charge is 0.343 e. The Morgan fingerprint density at radius 3 is 1.64 bits per heavy atom. The van der Waals surface area contributed by atoms with Crippen LogP contribution in [0.1, 0.15) is 57.5 Å². The molecule has 0 saturated heterocycles. The maximum absolute atomic E-state index is 13.5. The minimum Gasteiger partial charge on any atom is -0.490 e. The molecule has 0 saturated carbocycles. The summed E-state index contributed by atoms with van der Waals surface area (Å²) in [5.41, 5.74) is 5.44. The Balaban J connectivity index is 1.15. The summed E-state index contributed by atoms with van der Waals surface area (Å²) in [4.78, 5) is 77.4. The normalized spacial score (nSPS) is 11.6. The van der Waals surface area contributed by atoms with Gasteiger partial charge in [-0.25, -0.2) is 33.8 Å². The van der Waals surface area contributed by atoms with Crippen molar-refractivity contribution < 1.29 is 76.1 Å². The first-order chi connectivity index (χ1) is 37.0. The van der Waals surface area contributed by atoms with Crippen molar-refractivity contribution in [3.8, 4) is 17.2 Å². The van der Waals surface area contributed by atoms with Crippen LogP contribution in [0.15, 0.2) is 147 Å². The fraction of sp³-hybridized carbons (Fsp3) is 0.286. The van der Waals surface area contributed by atoms with E-state index in [4.69, 9.17) is 47.4 Å². The molecular formula is C56H59N3O16S. The van der Waals surface area contributed by atoms with Gasteiger partial charge in [-0.15, -0.1) is 0 Å². The minimum atomic E-state index is -0.767. The quantitative estimate of drug-likeness (QED) is 0.00763. The molecule has 1 heterocycles. The minimum absolute atomic E-state index is 0.0164. The van der Waals surface area contributed by atoms with E-state index >= 15 is 0 Å². The second-order valence-corrected chi connectivity index (χ2v) is 17.0. The number of hydrogen-bond donors (Lipinski definition) is 1. The van der Waals surface area contributed by atoms with Crippen molar-refractivity contribution >= 4 is 68.7 Å². The highest BCUT2D eigenvalue weighted by Gasteiger charge is 2.18. The van der Waals surface area contributed by atoms with Gasteiger partial charge in [0.2, 0.25) is 5.13 Å². The molecule has 1 aromatic heterocycles. The third kappa shape index (κ3) is 21.2. The largest absolute Gasteiger partial charge is 0.490 e. The van der Waals surface area contributed by atoms with Crippen LogP contribution in [0, 0.1) is 0 Å². The molecule has 2 atom stereocenters. The van der Waals surface area contributed by atoms with E-state index < -0.39 is 48.0 Å². The van der Waals surface area contributed by atoms with E-state index in [1.54, 1.807) is 54.6 Å². The Bertz CT molecular complexity index is 2740. The molecule has 76 heavy (non-hydrogen) atoms. The average molecular weight is 1060 g/mol. The molecule has 0 aliphatic carbocycles. The zero-order valence-electron chi connectivity index (χ0n) is 41.8. The Morgan fingerprint density at radius 2 is 1.11 bits per heavy atom. The fourth-order valence-corrected chi connectivity index (χ4v) is 7.26. The van der Waals surface area contributed by atoms with Crippen LogP contribution in [0.2, 0.25) is 0 Å². The Hall–Kier alpha value is -8.46. The van der Waals surface area contributed by atoms with E-state index in [0.717, 1.165) is 40.1 Å². The van der Waals surface area contributed by atoms with Gasteiger partial charge in [-0.1, -0.05) is 55.9 Å². The van der Waals surface area contributed by atoms with Crippen molar-refractivity contribution in [2.24, 2.45) is 5.10 Å². The summed E-state index contributed by atoms with van der Waals surface area (Å²) in [6.45, 7) is 14.7. The van der Waals surface area contributed by atoms with E-state index in [-0.39, 0.29) is 63.1 Å². The lowest BCUT2D eigenvalue weighted by atomic mass is 10.1. The summed E-state index contributed by atoms with van der Waals surface area (Å²) >= 11 is 1.42. The number of para-hydroxylation sites is 1. The number of benzene rings is 4. The van der Waals surface area contributed by atoms with Gasteiger partial charge < -0.3 is 47.4 Å². The molecule has 0 fully saturated rings. The van der Waals surface area contributed by atoms with E-state index in [1.807, 2.05) is 24.3 Å². The van der Waals surface area contributed by atoms with Crippen molar-refractivity contribution in [1.82, 2.24) is 4.98 Å². The third-order valence-electron chi connectivity index (χ3n) is 10.3. The maximum atomic E-state index is 13.5. The predicted octanol–water partition coefficient (Wildman–Crippen LogP) is 8.37. The van der Waals surface area contributed by atoms with Crippen molar-refractivity contribution in [2.75, 3.05) is 64.9 Å². The molecule has 5 rings (SSSR count). The van der Waals surface area contributed by atoms with Gasteiger partial charge in [-0.05, 0) is 104 Å². The summed E-state index contributed by atoms with van der Waals surface area (Å²) in [5, 5.41) is 4.94. The number of fused-ring (bicyclic) bond motifs is 1. The third-order valence-corrected chi connectivity index (χ3v) is 11.2. The number of carbonyl (C=O) groups is 6.